The van der Waals surface area contributed by atoms with Crippen LogP contribution in [0.1, 0.15) is 55.2 Å². The summed E-state index contributed by atoms with van der Waals surface area (Å²) < 4.78 is 16.0. The minimum atomic E-state index is -0.251. The van der Waals surface area contributed by atoms with Gasteiger partial charge >= 0.3 is 0 Å². The molecule has 1 saturated heterocycles. The number of thiocarbonyl (C=S) groups is 1. The van der Waals surface area contributed by atoms with E-state index in [1.165, 1.54) is 43.5 Å². The Morgan fingerprint density at radius 2 is 1.79 bits per heavy atom. The fourth-order valence-corrected chi connectivity index (χ4v) is 5.05. The van der Waals surface area contributed by atoms with Gasteiger partial charge < -0.3 is 14.8 Å². The Labute approximate surface area is 175 Å². The van der Waals surface area contributed by atoms with Gasteiger partial charge in [0.05, 0.1) is 11.7 Å². The standard InChI is InChI=1S/C23H23FN4S/c24-16-10-12-18(13-11-16)28-22(20-9-5-15-27(20)17-6-1-2-7-17)21(26-23(28)29)19-8-3-4-14-25-19/h3-5,8-15,17,21-22H,1-2,6-7H2,(H,26,29)/t21-,22-/m1/s1. The number of hydrogen-bond acceptors (Lipinski definition) is 2. The van der Waals surface area contributed by atoms with Crippen LogP contribution in [0.2, 0.25) is 0 Å². The van der Waals surface area contributed by atoms with E-state index in [1.807, 2.05) is 24.4 Å². The molecule has 4 nitrogen and oxygen atoms in total. The summed E-state index contributed by atoms with van der Waals surface area (Å²) >= 11 is 5.75. The van der Waals surface area contributed by atoms with Crippen LogP contribution in [0.25, 0.3) is 0 Å². The number of halogens is 1. The van der Waals surface area contributed by atoms with Crippen molar-refractivity contribution in [1.82, 2.24) is 14.9 Å². The van der Waals surface area contributed by atoms with Crippen LogP contribution in [0.15, 0.2) is 67.0 Å². The maximum Gasteiger partial charge on any atom is 0.174 e. The summed E-state index contributed by atoms with van der Waals surface area (Å²) in [7, 11) is 0. The van der Waals surface area contributed by atoms with Crippen molar-refractivity contribution in [2.24, 2.45) is 0 Å². The third-order valence-corrected chi connectivity index (χ3v) is 6.35. The van der Waals surface area contributed by atoms with Crippen LogP contribution in [0.3, 0.4) is 0 Å². The molecule has 3 aromatic rings. The van der Waals surface area contributed by atoms with Crippen molar-refractivity contribution in [1.29, 1.82) is 0 Å². The second-order valence-electron chi connectivity index (χ2n) is 7.75. The number of hydrogen-bond donors (Lipinski definition) is 1. The molecule has 1 aliphatic carbocycles. The van der Waals surface area contributed by atoms with E-state index in [0.29, 0.717) is 11.2 Å². The van der Waals surface area contributed by atoms with Gasteiger partial charge in [-0.05, 0) is 73.6 Å². The van der Waals surface area contributed by atoms with Crippen LogP contribution in [0.4, 0.5) is 10.1 Å². The van der Waals surface area contributed by atoms with E-state index < -0.39 is 0 Å². The molecule has 1 saturated carbocycles. The summed E-state index contributed by atoms with van der Waals surface area (Å²) in [6.07, 6.45) is 8.96. The Bertz CT molecular complexity index is 995. The molecule has 1 aromatic carbocycles. The predicted octanol–water partition coefficient (Wildman–Crippen LogP) is 5.31. The first kappa shape index (κ1) is 18.3. The number of aromatic nitrogens is 2. The van der Waals surface area contributed by atoms with Crippen LogP contribution in [-0.4, -0.2) is 14.7 Å². The first-order valence-corrected chi connectivity index (χ1v) is 10.6. The third-order valence-electron chi connectivity index (χ3n) is 6.04. The maximum atomic E-state index is 13.6. The summed E-state index contributed by atoms with van der Waals surface area (Å²) in [4.78, 5) is 6.71. The average molecular weight is 407 g/mol. The zero-order chi connectivity index (χ0) is 19.8. The molecule has 0 amide bonds. The van der Waals surface area contributed by atoms with Gasteiger partial charge in [-0.3, -0.25) is 4.98 Å². The minimum absolute atomic E-state index is 0.0570. The molecule has 0 radical (unpaired) electrons. The molecule has 2 atom stereocenters. The Hall–Kier alpha value is -2.73. The summed E-state index contributed by atoms with van der Waals surface area (Å²) in [6.45, 7) is 0. The van der Waals surface area contributed by atoms with E-state index in [1.54, 1.807) is 12.1 Å². The minimum Gasteiger partial charge on any atom is -0.351 e. The molecule has 1 N–H and O–H groups in total. The molecule has 1 aliphatic heterocycles. The lowest BCUT2D eigenvalue weighted by atomic mass is 10.00. The molecule has 148 valence electrons. The van der Waals surface area contributed by atoms with Crippen LogP contribution >= 0.6 is 12.2 Å². The SMILES string of the molecule is Fc1ccc(N2C(=S)N[C@H](c3ccccn3)[C@H]2c2cccn2C2CCCC2)cc1. The molecule has 3 heterocycles. The summed E-state index contributed by atoms with van der Waals surface area (Å²) in [5.41, 5.74) is 3.04. The molecule has 5 rings (SSSR count). The normalized spacial score (nSPS) is 22.2. The highest BCUT2D eigenvalue weighted by Crippen LogP contribution is 2.43. The van der Waals surface area contributed by atoms with Crippen LogP contribution in [-0.2, 0) is 0 Å². The number of nitrogens with zero attached hydrogens (tertiary/aromatic N) is 3. The molecule has 0 bridgehead atoms. The Morgan fingerprint density at radius 3 is 2.52 bits per heavy atom. The molecular weight excluding hydrogens is 383 g/mol. The van der Waals surface area contributed by atoms with Crippen molar-refractivity contribution in [3.8, 4) is 0 Å². The van der Waals surface area contributed by atoms with E-state index in [9.17, 15) is 4.39 Å². The first-order chi connectivity index (χ1) is 14.2. The van der Waals surface area contributed by atoms with Crippen molar-refractivity contribution >= 4 is 23.0 Å². The quantitative estimate of drug-likeness (QED) is 0.595. The monoisotopic (exact) mass is 406 g/mol. The first-order valence-electron chi connectivity index (χ1n) is 10.2. The molecule has 29 heavy (non-hydrogen) atoms. The van der Waals surface area contributed by atoms with E-state index >= 15 is 0 Å². The van der Waals surface area contributed by atoms with Gasteiger partial charge in [0.1, 0.15) is 11.9 Å². The number of pyridine rings is 1. The molecule has 0 unspecified atom stereocenters. The number of rotatable bonds is 4. The second kappa shape index (κ2) is 7.59. The van der Waals surface area contributed by atoms with E-state index in [-0.39, 0.29) is 17.9 Å². The van der Waals surface area contributed by atoms with Gasteiger partial charge in [-0.25, -0.2) is 4.39 Å². The van der Waals surface area contributed by atoms with Crippen molar-refractivity contribution in [2.45, 2.75) is 43.8 Å². The topological polar surface area (TPSA) is 33.1 Å². The van der Waals surface area contributed by atoms with Crippen molar-refractivity contribution < 1.29 is 4.39 Å². The smallest absolute Gasteiger partial charge is 0.174 e. The van der Waals surface area contributed by atoms with Gasteiger partial charge in [-0.1, -0.05) is 18.9 Å². The van der Waals surface area contributed by atoms with E-state index in [0.717, 1.165) is 11.4 Å². The fraction of sp³-hybridized carbons (Fsp3) is 0.304. The van der Waals surface area contributed by atoms with Gasteiger partial charge in [0.25, 0.3) is 0 Å². The predicted molar refractivity (Wildman–Crippen MR) is 116 cm³/mol. The molecule has 2 fully saturated rings. The van der Waals surface area contributed by atoms with Gasteiger partial charge in [0.15, 0.2) is 5.11 Å². The molecule has 0 spiro atoms. The lowest BCUT2D eigenvalue weighted by molar-refractivity contribution is 0.461. The summed E-state index contributed by atoms with van der Waals surface area (Å²) in [5.74, 6) is -0.251. The van der Waals surface area contributed by atoms with Crippen LogP contribution in [0, 0.1) is 5.82 Å². The van der Waals surface area contributed by atoms with Crippen LogP contribution in [0.5, 0.6) is 0 Å². The maximum absolute atomic E-state index is 13.6. The zero-order valence-corrected chi connectivity index (χ0v) is 16.9. The van der Waals surface area contributed by atoms with E-state index in [2.05, 4.69) is 38.1 Å². The van der Waals surface area contributed by atoms with Crippen LogP contribution < -0.4 is 10.2 Å². The molecule has 2 aromatic heterocycles. The lowest BCUT2D eigenvalue weighted by Gasteiger charge is -2.30. The number of nitrogens with one attached hydrogen (secondary N) is 1. The average Bonchev–Trinajstić information content (AvgIpc) is 3.48. The second-order valence-corrected chi connectivity index (χ2v) is 8.14. The number of anilines is 1. The Balaban J connectivity index is 1.62. The van der Waals surface area contributed by atoms with Crippen molar-refractivity contribution in [3.05, 3.63) is 84.2 Å². The van der Waals surface area contributed by atoms with Gasteiger partial charge in [0.2, 0.25) is 0 Å². The van der Waals surface area contributed by atoms with E-state index in [4.69, 9.17) is 12.2 Å². The lowest BCUT2D eigenvalue weighted by Crippen LogP contribution is -2.30. The Morgan fingerprint density at radius 1 is 1.00 bits per heavy atom. The highest BCUT2D eigenvalue weighted by molar-refractivity contribution is 7.80. The summed E-state index contributed by atoms with van der Waals surface area (Å²) in [5, 5.41) is 4.11. The van der Waals surface area contributed by atoms with Gasteiger partial charge in [0, 0.05) is 29.8 Å². The summed E-state index contributed by atoms with van der Waals surface area (Å²) in [6, 6.07) is 17.2. The highest BCUT2D eigenvalue weighted by atomic mass is 32.1. The molecule has 2 aliphatic rings. The highest BCUT2D eigenvalue weighted by Gasteiger charge is 2.42. The fourth-order valence-electron chi connectivity index (χ4n) is 4.71. The van der Waals surface area contributed by atoms with Crippen molar-refractivity contribution in [3.63, 3.8) is 0 Å². The third kappa shape index (κ3) is 3.31. The molecule has 6 heteroatoms. The van der Waals surface area contributed by atoms with Gasteiger partial charge in [-0.15, -0.1) is 0 Å². The molecular formula is C23H23FN4S. The largest absolute Gasteiger partial charge is 0.351 e. The van der Waals surface area contributed by atoms with Gasteiger partial charge in [-0.2, -0.15) is 0 Å². The zero-order valence-electron chi connectivity index (χ0n) is 16.0. The number of benzene rings is 1. The Kier molecular flexibility index (Phi) is 4.79. The van der Waals surface area contributed by atoms with Crippen molar-refractivity contribution in [2.75, 3.05) is 4.90 Å².